The molecule has 1 aromatic carbocycles. The summed E-state index contributed by atoms with van der Waals surface area (Å²) >= 11 is 0. The number of fused-ring (bicyclic) bond motifs is 3. The van der Waals surface area contributed by atoms with E-state index in [-0.39, 0.29) is 24.1 Å². The maximum atomic E-state index is 13.0. The number of carbonyl (C=O) groups excluding carboxylic acids is 3. The molecule has 2 N–H and O–H groups in total. The highest BCUT2D eigenvalue weighted by Gasteiger charge is 2.54. The second-order valence-corrected chi connectivity index (χ2v) is 10.1. The lowest BCUT2D eigenvalue weighted by Crippen LogP contribution is -2.52. The van der Waals surface area contributed by atoms with Gasteiger partial charge in [-0.25, -0.2) is 0 Å². The normalized spacial score (nSPS) is 31.8. The summed E-state index contributed by atoms with van der Waals surface area (Å²) in [5.41, 5.74) is 3.23. The number of carbonyl (C=O) groups is 3. The van der Waals surface area contributed by atoms with Crippen LogP contribution >= 0.6 is 0 Å². The lowest BCUT2D eigenvalue weighted by Gasteiger charge is -2.37. The van der Waals surface area contributed by atoms with Gasteiger partial charge in [0.05, 0.1) is 13.2 Å². The smallest absolute Gasteiger partial charge is 0.255 e. The van der Waals surface area contributed by atoms with Crippen LogP contribution in [0.25, 0.3) is 0 Å². The Morgan fingerprint density at radius 3 is 2.78 bits per heavy atom. The van der Waals surface area contributed by atoms with E-state index < -0.39 is 6.04 Å². The zero-order chi connectivity index (χ0) is 21.9. The van der Waals surface area contributed by atoms with E-state index in [1.165, 1.54) is 18.4 Å². The lowest BCUT2D eigenvalue weighted by atomic mass is 9.70. The van der Waals surface area contributed by atoms with Gasteiger partial charge in [-0.15, -0.1) is 0 Å². The fourth-order valence-corrected chi connectivity index (χ4v) is 6.71. The Balaban J connectivity index is 1.19. The first-order valence-corrected chi connectivity index (χ1v) is 11.8. The second kappa shape index (κ2) is 7.64. The van der Waals surface area contributed by atoms with Crippen molar-refractivity contribution in [1.82, 2.24) is 20.4 Å². The molecular formula is C24H30N4O4. The summed E-state index contributed by atoms with van der Waals surface area (Å²) < 4.78 is 5.92. The molecule has 0 aliphatic carbocycles. The molecule has 0 saturated carbocycles. The predicted molar refractivity (Wildman–Crippen MR) is 116 cm³/mol. The van der Waals surface area contributed by atoms with Crippen molar-refractivity contribution in [3.63, 3.8) is 0 Å². The molecule has 3 atom stereocenters. The van der Waals surface area contributed by atoms with Gasteiger partial charge in [0.15, 0.2) is 0 Å². The van der Waals surface area contributed by atoms with Gasteiger partial charge in [-0.3, -0.25) is 24.6 Å². The molecule has 0 radical (unpaired) electrons. The van der Waals surface area contributed by atoms with Gasteiger partial charge in [-0.05, 0) is 55.0 Å². The second-order valence-electron chi connectivity index (χ2n) is 10.1. The topological polar surface area (TPSA) is 91.0 Å². The Bertz CT molecular complexity index is 973. The number of nitrogens with one attached hydrogen (secondary N) is 2. The van der Waals surface area contributed by atoms with Crippen LogP contribution in [0, 0.1) is 11.3 Å². The van der Waals surface area contributed by atoms with Crippen molar-refractivity contribution in [2.24, 2.45) is 11.3 Å². The first kappa shape index (κ1) is 20.3. The number of amides is 3. The molecule has 5 heterocycles. The molecule has 3 amide bonds. The van der Waals surface area contributed by atoms with Gasteiger partial charge < -0.3 is 15.0 Å². The molecule has 8 nitrogen and oxygen atoms in total. The number of nitrogens with zero attached hydrogens (tertiary/aromatic N) is 2. The van der Waals surface area contributed by atoms with Crippen molar-refractivity contribution in [1.29, 1.82) is 0 Å². The minimum Gasteiger partial charge on any atom is -0.379 e. The van der Waals surface area contributed by atoms with Crippen LogP contribution in [0.1, 0.15) is 47.2 Å². The van der Waals surface area contributed by atoms with Crippen molar-refractivity contribution >= 4 is 17.7 Å². The average molecular weight is 439 g/mol. The van der Waals surface area contributed by atoms with Crippen LogP contribution in [-0.2, 0) is 27.4 Å². The zero-order valence-electron chi connectivity index (χ0n) is 18.3. The molecule has 170 valence electrons. The number of hydrogen-bond donors (Lipinski definition) is 2. The van der Waals surface area contributed by atoms with Crippen molar-refractivity contribution < 1.29 is 19.1 Å². The minimum absolute atomic E-state index is 0.111. The van der Waals surface area contributed by atoms with E-state index in [9.17, 15) is 14.4 Å². The Morgan fingerprint density at radius 1 is 1.12 bits per heavy atom. The molecule has 0 aromatic heterocycles. The van der Waals surface area contributed by atoms with Gasteiger partial charge in [0.25, 0.3) is 5.91 Å². The molecule has 1 unspecified atom stereocenters. The number of imide groups is 1. The van der Waals surface area contributed by atoms with Crippen LogP contribution in [-0.4, -0.2) is 72.5 Å². The maximum Gasteiger partial charge on any atom is 0.255 e. The summed E-state index contributed by atoms with van der Waals surface area (Å²) in [6.45, 7) is 6.28. The van der Waals surface area contributed by atoms with Crippen LogP contribution in [0.2, 0.25) is 0 Å². The number of piperidine rings is 2. The van der Waals surface area contributed by atoms with Gasteiger partial charge in [0.1, 0.15) is 6.04 Å². The molecule has 1 spiro atoms. The van der Waals surface area contributed by atoms with Crippen LogP contribution in [0.4, 0.5) is 0 Å². The maximum absolute atomic E-state index is 13.0. The van der Waals surface area contributed by atoms with Gasteiger partial charge in [0, 0.05) is 43.6 Å². The lowest BCUT2D eigenvalue weighted by molar-refractivity contribution is -0.136. The zero-order valence-corrected chi connectivity index (χ0v) is 18.3. The van der Waals surface area contributed by atoms with E-state index in [2.05, 4.69) is 27.7 Å². The molecule has 8 heteroatoms. The van der Waals surface area contributed by atoms with Crippen molar-refractivity contribution in [3.05, 3.63) is 34.9 Å². The third kappa shape index (κ3) is 3.19. The average Bonchev–Trinajstić information content (AvgIpc) is 3.46. The number of rotatable bonds is 3. The quantitative estimate of drug-likeness (QED) is 0.674. The van der Waals surface area contributed by atoms with Crippen LogP contribution < -0.4 is 10.6 Å². The molecule has 4 saturated heterocycles. The molecule has 5 aliphatic rings. The first-order valence-electron chi connectivity index (χ1n) is 11.8. The van der Waals surface area contributed by atoms with E-state index >= 15 is 0 Å². The van der Waals surface area contributed by atoms with Gasteiger partial charge in [-0.1, -0.05) is 12.1 Å². The van der Waals surface area contributed by atoms with Gasteiger partial charge in [-0.2, -0.15) is 0 Å². The van der Waals surface area contributed by atoms with E-state index in [4.69, 9.17) is 4.74 Å². The molecule has 1 aromatic rings. The highest BCUT2D eigenvalue weighted by molar-refractivity contribution is 6.05. The molecule has 0 bridgehead atoms. The molecule has 6 rings (SSSR count). The van der Waals surface area contributed by atoms with Crippen LogP contribution in [0.5, 0.6) is 0 Å². The van der Waals surface area contributed by atoms with Crippen molar-refractivity contribution in [2.75, 3.05) is 32.8 Å². The number of hydrogen-bond acceptors (Lipinski definition) is 6. The minimum atomic E-state index is -0.564. The standard InChI is InChI=1S/C24H30N4O4/c29-21-4-3-19(22(30)26-21)28-11-16-9-15(1-2-17(16)23(28)31)10-27-14-24(5-7-25-8-6-24)18-12-32-13-20(18)27/h1-2,9,18-20,25H,3-8,10-14H2,(H,26,29,30)/t18-,19?,20+/m1/s1. The Hall–Kier alpha value is -2.29. The van der Waals surface area contributed by atoms with Crippen LogP contribution in [0.15, 0.2) is 18.2 Å². The Labute approximate surface area is 187 Å². The number of likely N-dealkylation sites (tertiary alicyclic amines) is 1. The van der Waals surface area contributed by atoms with E-state index in [1.807, 2.05) is 6.07 Å². The summed E-state index contributed by atoms with van der Waals surface area (Å²) in [7, 11) is 0. The summed E-state index contributed by atoms with van der Waals surface area (Å²) in [5.74, 6) is -0.118. The van der Waals surface area contributed by atoms with Crippen molar-refractivity contribution in [3.8, 4) is 0 Å². The summed E-state index contributed by atoms with van der Waals surface area (Å²) in [5, 5.41) is 5.87. The third-order valence-corrected chi connectivity index (χ3v) is 8.40. The fourth-order valence-electron chi connectivity index (χ4n) is 6.71. The Morgan fingerprint density at radius 2 is 1.97 bits per heavy atom. The van der Waals surface area contributed by atoms with Crippen LogP contribution in [0.3, 0.4) is 0 Å². The van der Waals surface area contributed by atoms with E-state index in [1.54, 1.807) is 4.90 Å². The van der Waals surface area contributed by atoms with E-state index in [0.717, 1.165) is 45.0 Å². The Kier molecular flexibility index (Phi) is 4.85. The highest BCUT2D eigenvalue weighted by Crippen LogP contribution is 2.49. The van der Waals surface area contributed by atoms with Gasteiger partial charge >= 0.3 is 0 Å². The molecule has 5 aliphatic heterocycles. The van der Waals surface area contributed by atoms with E-state index in [0.29, 0.717) is 35.9 Å². The highest BCUT2D eigenvalue weighted by atomic mass is 16.5. The van der Waals surface area contributed by atoms with Crippen molar-refractivity contribution in [2.45, 2.75) is 50.9 Å². The summed E-state index contributed by atoms with van der Waals surface area (Å²) in [6, 6.07) is 6.02. The monoisotopic (exact) mass is 438 g/mol. The SMILES string of the molecule is O=C1CCC(N2Cc3cc(CN4CC5(CCNCC5)[C@@H]5COC[C@@H]54)ccc3C2=O)C(=O)N1. The molecule has 4 fully saturated rings. The first-order chi connectivity index (χ1) is 15.5. The largest absolute Gasteiger partial charge is 0.379 e. The molecule has 32 heavy (non-hydrogen) atoms. The predicted octanol–water partition coefficient (Wildman–Crippen LogP) is 0.648. The number of benzene rings is 1. The fraction of sp³-hybridized carbons (Fsp3) is 0.625. The van der Waals surface area contributed by atoms with Gasteiger partial charge in [0.2, 0.25) is 11.8 Å². The summed E-state index contributed by atoms with van der Waals surface area (Å²) in [4.78, 5) is 40.9. The number of ether oxygens (including phenoxy) is 1. The molecular weight excluding hydrogens is 408 g/mol. The third-order valence-electron chi connectivity index (χ3n) is 8.40. The summed E-state index contributed by atoms with van der Waals surface area (Å²) in [6.07, 6.45) is 3.10.